The topological polar surface area (TPSA) is 80.9 Å². The second kappa shape index (κ2) is 3.87. The minimum absolute atomic E-state index is 0.139. The predicted molar refractivity (Wildman–Crippen MR) is 50.3 cm³/mol. The average Bonchev–Trinajstić information content (AvgIpc) is 2.67. The number of nitrogens with zero attached hydrogens (tertiary/aromatic N) is 4. The van der Waals surface area contributed by atoms with Crippen LogP contribution in [0.1, 0.15) is 16.2 Å². The summed E-state index contributed by atoms with van der Waals surface area (Å²) in [7, 11) is 0. The van der Waals surface area contributed by atoms with Crippen LogP contribution in [-0.2, 0) is 6.54 Å². The fourth-order valence-electron chi connectivity index (χ4n) is 1.21. The third-order valence-electron chi connectivity index (χ3n) is 1.86. The van der Waals surface area contributed by atoms with Crippen molar-refractivity contribution in [1.29, 1.82) is 0 Å². The van der Waals surface area contributed by atoms with Crippen molar-refractivity contribution in [3.05, 3.63) is 42.2 Å². The molecular weight excluding hydrogens is 196 g/mol. The Kier molecular flexibility index (Phi) is 2.40. The SMILES string of the molecule is O=C(O)c1ccnn1Cc1cnccn1. The van der Waals surface area contributed by atoms with Gasteiger partial charge in [0.25, 0.3) is 0 Å². The molecule has 2 heterocycles. The van der Waals surface area contributed by atoms with Crippen LogP contribution in [0.4, 0.5) is 0 Å². The molecule has 0 fully saturated rings. The van der Waals surface area contributed by atoms with Gasteiger partial charge in [-0.15, -0.1) is 0 Å². The van der Waals surface area contributed by atoms with E-state index in [1.54, 1.807) is 18.6 Å². The van der Waals surface area contributed by atoms with Gasteiger partial charge in [-0.25, -0.2) is 4.79 Å². The molecular formula is C9H8N4O2. The van der Waals surface area contributed by atoms with Crippen LogP contribution in [0.25, 0.3) is 0 Å². The molecule has 76 valence electrons. The maximum atomic E-state index is 10.8. The molecule has 1 N–H and O–H groups in total. The van der Waals surface area contributed by atoms with Gasteiger partial charge in [0.15, 0.2) is 0 Å². The number of hydrogen-bond acceptors (Lipinski definition) is 4. The van der Waals surface area contributed by atoms with E-state index in [0.29, 0.717) is 12.2 Å². The van der Waals surface area contributed by atoms with Crippen LogP contribution < -0.4 is 0 Å². The van der Waals surface area contributed by atoms with E-state index in [0.717, 1.165) is 0 Å². The van der Waals surface area contributed by atoms with E-state index in [1.807, 2.05) is 0 Å². The number of hydrogen-bond donors (Lipinski definition) is 1. The highest BCUT2D eigenvalue weighted by Gasteiger charge is 2.10. The summed E-state index contributed by atoms with van der Waals surface area (Å²) in [6.45, 7) is 0.308. The monoisotopic (exact) mass is 204 g/mol. The third kappa shape index (κ3) is 1.98. The molecule has 0 aromatic carbocycles. The smallest absolute Gasteiger partial charge is 0.354 e. The van der Waals surface area contributed by atoms with E-state index in [4.69, 9.17) is 5.11 Å². The Morgan fingerprint density at radius 2 is 2.27 bits per heavy atom. The summed E-state index contributed by atoms with van der Waals surface area (Å²) in [6.07, 6.45) is 6.14. The van der Waals surface area contributed by atoms with Crippen LogP contribution in [0.5, 0.6) is 0 Å². The molecule has 0 aliphatic carbocycles. The molecule has 2 aromatic rings. The Morgan fingerprint density at radius 1 is 1.40 bits per heavy atom. The molecule has 0 bridgehead atoms. The molecule has 0 unspecified atom stereocenters. The Bertz CT molecular complexity index is 466. The van der Waals surface area contributed by atoms with Crippen LogP contribution in [-0.4, -0.2) is 30.8 Å². The number of carboxylic acid groups (broad SMARTS) is 1. The van der Waals surface area contributed by atoms with Crippen LogP contribution in [0.3, 0.4) is 0 Å². The van der Waals surface area contributed by atoms with Crippen molar-refractivity contribution in [2.75, 3.05) is 0 Å². The first-order chi connectivity index (χ1) is 7.27. The van der Waals surface area contributed by atoms with Crippen molar-refractivity contribution in [1.82, 2.24) is 19.7 Å². The minimum atomic E-state index is -1.00. The van der Waals surface area contributed by atoms with Crippen molar-refractivity contribution in [2.24, 2.45) is 0 Å². The van der Waals surface area contributed by atoms with Gasteiger partial charge in [0.05, 0.1) is 18.4 Å². The van der Waals surface area contributed by atoms with Crippen molar-refractivity contribution in [3.63, 3.8) is 0 Å². The van der Waals surface area contributed by atoms with Gasteiger partial charge in [0, 0.05) is 18.6 Å². The lowest BCUT2D eigenvalue weighted by molar-refractivity contribution is 0.0684. The highest BCUT2D eigenvalue weighted by Crippen LogP contribution is 2.02. The molecule has 0 saturated heterocycles. The van der Waals surface area contributed by atoms with E-state index in [1.165, 1.54) is 16.9 Å². The highest BCUT2D eigenvalue weighted by atomic mass is 16.4. The highest BCUT2D eigenvalue weighted by molar-refractivity contribution is 5.85. The number of aromatic nitrogens is 4. The lowest BCUT2D eigenvalue weighted by Gasteiger charge is -2.02. The lowest BCUT2D eigenvalue weighted by Crippen LogP contribution is -2.11. The van der Waals surface area contributed by atoms with Gasteiger partial charge in [0.2, 0.25) is 0 Å². The molecule has 2 rings (SSSR count). The van der Waals surface area contributed by atoms with E-state index in [9.17, 15) is 4.79 Å². The Balaban J connectivity index is 2.25. The van der Waals surface area contributed by atoms with Gasteiger partial charge in [-0.2, -0.15) is 5.10 Å². The summed E-state index contributed by atoms with van der Waals surface area (Å²) in [4.78, 5) is 18.7. The Hall–Kier alpha value is -2.24. The zero-order valence-corrected chi connectivity index (χ0v) is 7.74. The molecule has 6 heteroatoms. The van der Waals surface area contributed by atoms with Gasteiger partial charge in [-0.1, -0.05) is 0 Å². The van der Waals surface area contributed by atoms with Gasteiger partial charge in [0.1, 0.15) is 5.69 Å². The maximum Gasteiger partial charge on any atom is 0.354 e. The molecule has 0 radical (unpaired) electrons. The molecule has 0 saturated carbocycles. The summed E-state index contributed by atoms with van der Waals surface area (Å²) < 4.78 is 1.37. The van der Waals surface area contributed by atoms with Gasteiger partial charge in [-0.05, 0) is 6.07 Å². The second-order valence-electron chi connectivity index (χ2n) is 2.88. The first kappa shape index (κ1) is 9.32. The average molecular weight is 204 g/mol. The molecule has 0 aliphatic rings. The number of aromatic carboxylic acids is 1. The van der Waals surface area contributed by atoms with Crippen molar-refractivity contribution >= 4 is 5.97 Å². The Labute approximate surface area is 85.2 Å². The number of carboxylic acids is 1. The molecule has 0 amide bonds. The van der Waals surface area contributed by atoms with E-state index in [-0.39, 0.29) is 5.69 Å². The molecule has 2 aromatic heterocycles. The number of rotatable bonds is 3. The lowest BCUT2D eigenvalue weighted by atomic mass is 10.4. The maximum absolute atomic E-state index is 10.8. The van der Waals surface area contributed by atoms with Crippen molar-refractivity contribution < 1.29 is 9.90 Å². The fraction of sp³-hybridized carbons (Fsp3) is 0.111. The standard InChI is InChI=1S/C9H8N4O2/c14-9(15)8-1-2-12-13(8)6-7-5-10-3-4-11-7/h1-5H,6H2,(H,14,15). The normalized spacial score (nSPS) is 10.1. The van der Waals surface area contributed by atoms with E-state index >= 15 is 0 Å². The van der Waals surface area contributed by atoms with Gasteiger partial charge < -0.3 is 5.11 Å². The second-order valence-corrected chi connectivity index (χ2v) is 2.88. The zero-order valence-electron chi connectivity index (χ0n) is 7.74. The van der Waals surface area contributed by atoms with E-state index < -0.39 is 5.97 Å². The first-order valence-corrected chi connectivity index (χ1v) is 4.27. The van der Waals surface area contributed by atoms with Crippen molar-refractivity contribution in [3.8, 4) is 0 Å². The molecule has 0 aliphatic heterocycles. The largest absolute Gasteiger partial charge is 0.477 e. The van der Waals surface area contributed by atoms with Crippen LogP contribution in [0, 0.1) is 0 Å². The van der Waals surface area contributed by atoms with Gasteiger partial charge >= 0.3 is 5.97 Å². The molecule has 15 heavy (non-hydrogen) atoms. The van der Waals surface area contributed by atoms with Gasteiger partial charge in [-0.3, -0.25) is 14.6 Å². The Morgan fingerprint density at radius 3 is 2.93 bits per heavy atom. The summed E-state index contributed by atoms with van der Waals surface area (Å²) in [5, 5.41) is 12.7. The number of carbonyl (C=O) groups is 1. The third-order valence-corrected chi connectivity index (χ3v) is 1.86. The predicted octanol–water partition coefficient (Wildman–Crippen LogP) is 0.420. The molecule has 6 nitrogen and oxygen atoms in total. The van der Waals surface area contributed by atoms with E-state index in [2.05, 4.69) is 15.1 Å². The summed E-state index contributed by atoms with van der Waals surface area (Å²) >= 11 is 0. The fourth-order valence-corrected chi connectivity index (χ4v) is 1.21. The molecule has 0 spiro atoms. The van der Waals surface area contributed by atoms with Crippen molar-refractivity contribution in [2.45, 2.75) is 6.54 Å². The van der Waals surface area contributed by atoms with Crippen LogP contribution >= 0.6 is 0 Å². The molecule has 0 atom stereocenters. The quantitative estimate of drug-likeness (QED) is 0.783. The van der Waals surface area contributed by atoms with Crippen LogP contribution in [0.2, 0.25) is 0 Å². The summed E-state index contributed by atoms with van der Waals surface area (Å²) in [6, 6.07) is 1.44. The summed E-state index contributed by atoms with van der Waals surface area (Å²) in [5.41, 5.74) is 0.810. The zero-order chi connectivity index (χ0) is 10.7. The summed E-state index contributed by atoms with van der Waals surface area (Å²) in [5.74, 6) is -1.00. The first-order valence-electron chi connectivity index (χ1n) is 4.27. The van der Waals surface area contributed by atoms with Crippen LogP contribution in [0.15, 0.2) is 30.9 Å². The minimum Gasteiger partial charge on any atom is -0.477 e.